The molecule has 154 valence electrons. The first kappa shape index (κ1) is 20.0. The predicted octanol–water partition coefficient (Wildman–Crippen LogP) is 4.36. The summed E-state index contributed by atoms with van der Waals surface area (Å²) in [7, 11) is 0. The smallest absolute Gasteiger partial charge is 0.255 e. The maximum atomic E-state index is 12.6. The van der Waals surface area contributed by atoms with Gasteiger partial charge >= 0.3 is 0 Å². The number of hydrogen-bond acceptors (Lipinski definition) is 5. The summed E-state index contributed by atoms with van der Waals surface area (Å²) in [5.74, 6) is 1.23. The van der Waals surface area contributed by atoms with Crippen molar-refractivity contribution in [2.75, 3.05) is 36.5 Å². The quantitative estimate of drug-likeness (QED) is 0.687. The van der Waals surface area contributed by atoms with E-state index < -0.39 is 0 Å². The molecule has 0 spiro atoms. The Labute approximate surface area is 176 Å². The third kappa shape index (κ3) is 4.66. The molecule has 6 heteroatoms. The molecule has 2 aromatic carbocycles. The molecule has 1 fully saturated rings. The Bertz CT molecular complexity index is 994. The highest BCUT2D eigenvalue weighted by atomic mass is 16.5. The van der Waals surface area contributed by atoms with Crippen molar-refractivity contribution in [1.29, 1.82) is 0 Å². The summed E-state index contributed by atoms with van der Waals surface area (Å²) in [6, 6.07) is 17.4. The van der Waals surface area contributed by atoms with Gasteiger partial charge in [-0.2, -0.15) is 0 Å². The minimum absolute atomic E-state index is 0.129. The SMILES string of the molecule is CC(C)c1ccc(NC(=O)c2ccc(-c3cc(N4CCOCC4)ncn3)cc2)cc1. The number of rotatable bonds is 5. The minimum atomic E-state index is -0.129. The first-order chi connectivity index (χ1) is 14.6. The molecule has 2 heterocycles. The van der Waals surface area contributed by atoms with E-state index in [0.29, 0.717) is 24.7 Å². The topological polar surface area (TPSA) is 67.4 Å². The Morgan fingerprint density at radius 3 is 2.37 bits per heavy atom. The lowest BCUT2D eigenvalue weighted by atomic mass is 10.0. The number of ether oxygens (including phenoxy) is 1. The van der Waals surface area contributed by atoms with Gasteiger partial charge in [0.1, 0.15) is 12.1 Å². The second kappa shape index (κ2) is 9.05. The molecule has 0 unspecified atom stereocenters. The summed E-state index contributed by atoms with van der Waals surface area (Å²) in [4.78, 5) is 23.6. The highest BCUT2D eigenvalue weighted by Crippen LogP contribution is 2.22. The fraction of sp³-hybridized carbons (Fsp3) is 0.292. The number of aromatic nitrogens is 2. The molecule has 6 nitrogen and oxygen atoms in total. The van der Waals surface area contributed by atoms with Crippen LogP contribution in [0.1, 0.15) is 35.7 Å². The van der Waals surface area contributed by atoms with E-state index in [1.165, 1.54) is 5.56 Å². The standard InChI is InChI=1S/C24H26N4O2/c1-17(2)18-7-9-21(10-8-18)27-24(29)20-5-3-19(4-6-20)22-15-23(26-16-25-22)28-11-13-30-14-12-28/h3-10,15-17H,11-14H2,1-2H3,(H,27,29). The monoisotopic (exact) mass is 402 g/mol. The van der Waals surface area contributed by atoms with Crippen molar-refractivity contribution < 1.29 is 9.53 Å². The predicted molar refractivity (Wildman–Crippen MR) is 119 cm³/mol. The lowest BCUT2D eigenvalue weighted by molar-refractivity contribution is 0.102. The summed E-state index contributed by atoms with van der Waals surface area (Å²) >= 11 is 0. The number of morpholine rings is 1. The van der Waals surface area contributed by atoms with Gasteiger partial charge in [-0.3, -0.25) is 4.79 Å². The number of benzene rings is 2. The minimum Gasteiger partial charge on any atom is -0.378 e. The van der Waals surface area contributed by atoms with Gasteiger partial charge in [0.2, 0.25) is 0 Å². The molecule has 1 saturated heterocycles. The van der Waals surface area contributed by atoms with E-state index in [1.54, 1.807) is 6.33 Å². The average Bonchev–Trinajstić information content (AvgIpc) is 2.80. The summed E-state index contributed by atoms with van der Waals surface area (Å²) in [5, 5.41) is 2.95. The average molecular weight is 402 g/mol. The Morgan fingerprint density at radius 2 is 1.70 bits per heavy atom. The fourth-order valence-corrected chi connectivity index (χ4v) is 3.42. The summed E-state index contributed by atoms with van der Waals surface area (Å²) in [5.41, 5.74) is 4.43. The molecule has 1 amide bonds. The van der Waals surface area contributed by atoms with Crippen LogP contribution in [0.2, 0.25) is 0 Å². The van der Waals surface area contributed by atoms with Crippen LogP contribution in [-0.2, 0) is 4.74 Å². The van der Waals surface area contributed by atoms with Crippen LogP contribution in [0, 0.1) is 0 Å². The van der Waals surface area contributed by atoms with E-state index in [4.69, 9.17) is 4.74 Å². The van der Waals surface area contributed by atoms with Crippen LogP contribution < -0.4 is 10.2 Å². The van der Waals surface area contributed by atoms with E-state index in [-0.39, 0.29) is 5.91 Å². The van der Waals surface area contributed by atoms with Crippen molar-refractivity contribution in [1.82, 2.24) is 9.97 Å². The lowest BCUT2D eigenvalue weighted by Gasteiger charge is -2.27. The number of carbonyl (C=O) groups is 1. The number of amides is 1. The summed E-state index contributed by atoms with van der Waals surface area (Å²) < 4.78 is 5.41. The third-order valence-electron chi connectivity index (χ3n) is 5.27. The van der Waals surface area contributed by atoms with Gasteiger partial charge in [-0.15, -0.1) is 0 Å². The number of carbonyl (C=O) groups excluding carboxylic acids is 1. The van der Waals surface area contributed by atoms with Gasteiger partial charge in [-0.1, -0.05) is 38.1 Å². The highest BCUT2D eigenvalue weighted by Gasteiger charge is 2.14. The van der Waals surface area contributed by atoms with Crippen LogP contribution in [0.15, 0.2) is 60.9 Å². The van der Waals surface area contributed by atoms with E-state index in [1.807, 2.05) is 54.6 Å². The van der Waals surface area contributed by atoms with Gasteiger partial charge in [0, 0.05) is 36.0 Å². The number of hydrogen-bond donors (Lipinski definition) is 1. The van der Waals surface area contributed by atoms with Crippen molar-refractivity contribution in [3.05, 3.63) is 72.1 Å². The van der Waals surface area contributed by atoms with Gasteiger partial charge in [0.15, 0.2) is 0 Å². The largest absolute Gasteiger partial charge is 0.378 e. The van der Waals surface area contributed by atoms with Crippen LogP contribution >= 0.6 is 0 Å². The molecule has 0 bridgehead atoms. The zero-order valence-corrected chi connectivity index (χ0v) is 17.3. The third-order valence-corrected chi connectivity index (χ3v) is 5.27. The van der Waals surface area contributed by atoms with Crippen LogP contribution in [0.3, 0.4) is 0 Å². The van der Waals surface area contributed by atoms with Gasteiger partial charge in [-0.25, -0.2) is 9.97 Å². The molecule has 1 aliphatic heterocycles. The summed E-state index contributed by atoms with van der Waals surface area (Å²) in [6.45, 7) is 7.38. The maximum Gasteiger partial charge on any atom is 0.255 e. The maximum absolute atomic E-state index is 12.6. The number of nitrogens with one attached hydrogen (secondary N) is 1. The molecule has 30 heavy (non-hydrogen) atoms. The number of nitrogens with zero attached hydrogens (tertiary/aromatic N) is 3. The summed E-state index contributed by atoms with van der Waals surface area (Å²) in [6.07, 6.45) is 1.58. The molecule has 1 aromatic heterocycles. The van der Waals surface area contributed by atoms with Crippen LogP contribution in [0.4, 0.5) is 11.5 Å². The fourth-order valence-electron chi connectivity index (χ4n) is 3.42. The van der Waals surface area contributed by atoms with Gasteiger partial charge < -0.3 is 15.0 Å². The molecular weight excluding hydrogens is 376 g/mol. The Balaban J connectivity index is 1.45. The molecule has 1 aliphatic rings. The van der Waals surface area contributed by atoms with E-state index >= 15 is 0 Å². The molecule has 3 aromatic rings. The Kier molecular flexibility index (Phi) is 6.05. The Morgan fingerprint density at radius 1 is 1.00 bits per heavy atom. The van der Waals surface area contributed by atoms with Crippen molar-refractivity contribution in [2.24, 2.45) is 0 Å². The first-order valence-electron chi connectivity index (χ1n) is 10.3. The molecule has 1 N–H and O–H groups in total. The van der Waals surface area contributed by atoms with Crippen LogP contribution in [-0.4, -0.2) is 42.2 Å². The van der Waals surface area contributed by atoms with Crippen LogP contribution in [0.25, 0.3) is 11.3 Å². The van der Waals surface area contributed by atoms with Crippen molar-refractivity contribution >= 4 is 17.4 Å². The Hall–Kier alpha value is -3.25. The van der Waals surface area contributed by atoms with E-state index in [9.17, 15) is 4.79 Å². The van der Waals surface area contributed by atoms with Gasteiger partial charge in [0.05, 0.1) is 18.9 Å². The zero-order chi connectivity index (χ0) is 20.9. The van der Waals surface area contributed by atoms with Gasteiger partial charge in [0.25, 0.3) is 5.91 Å². The van der Waals surface area contributed by atoms with Crippen LogP contribution in [0.5, 0.6) is 0 Å². The van der Waals surface area contributed by atoms with Crippen molar-refractivity contribution in [3.8, 4) is 11.3 Å². The van der Waals surface area contributed by atoms with E-state index in [2.05, 4.69) is 34.0 Å². The second-order valence-corrected chi connectivity index (χ2v) is 7.67. The normalized spacial score (nSPS) is 14.0. The van der Waals surface area contributed by atoms with Crippen molar-refractivity contribution in [2.45, 2.75) is 19.8 Å². The van der Waals surface area contributed by atoms with Crippen molar-refractivity contribution in [3.63, 3.8) is 0 Å². The molecule has 4 rings (SSSR count). The second-order valence-electron chi connectivity index (χ2n) is 7.67. The molecular formula is C24H26N4O2. The molecule has 0 aliphatic carbocycles. The number of anilines is 2. The molecule has 0 atom stereocenters. The lowest BCUT2D eigenvalue weighted by Crippen LogP contribution is -2.36. The molecule has 0 saturated carbocycles. The van der Waals surface area contributed by atoms with Gasteiger partial charge in [-0.05, 0) is 35.7 Å². The highest BCUT2D eigenvalue weighted by molar-refractivity contribution is 6.04. The van der Waals surface area contributed by atoms with E-state index in [0.717, 1.165) is 35.9 Å². The molecule has 0 radical (unpaired) electrons. The zero-order valence-electron chi connectivity index (χ0n) is 17.3. The first-order valence-corrected chi connectivity index (χ1v) is 10.3.